The number of piperidine rings is 1. The fraction of sp³-hybridized carbons (Fsp3) is 0.529. The normalized spacial score (nSPS) is 17.2. The lowest BCUT2D eigenvalue weighted by molar-refractivity contribution is -0.121. The van der Waals surface area contributed by atoms with Crippen LogP contribution in [0.4, 0.5) is 10.5 Å². The minimum atomic E-state index is -0.237. The molecular formula is C17H25N3O4. The van der Waals surface area contributed by atoms with Gasteiger partial charge in [0.2, 0.25) is 5.91 Å². The molecule has 0 unspecified atom stereocenters. The van der Waals surface area contributed by atoms with Crippen LogP contribution < -0.4 is 14.8 Å². The monoisotopic (exact) mass is 335 g/mol. The number of nitrogens with one attached hydrogen (secondary N) is 1. The van der Waals surface area contributed by atoms with E-state index in [1.54, 1.807) is 51.4 Å². The van der Waals surface area contributed by atoms with Crippen molar-refractivity contribution in [3.8, 4) is 11.5 Å². The molecule has 1 aromatic carbocycles. The van der Waals surface area contributed by atoms with E-state index in [4.69, 9.17) is 9.47 Å². The number of benzene rings is 1. The SMILES string of the molecule is COc1ccc(OC)c(NC(=O)[C@@H]2CCCN(C(=O)N(C)C)C2)c1. The van der Waals surface area contributed by atoms with Gasteiger partial charge in [0, 0.05) is 33.3 Å². The number of rotatable bonds is 4. The third-order valence-corrected chi connectivity index (χ3v) is 4.11. The molecule has 3 amide bonds. The van der Waals surface area contributed by atoms with E-state index in [-0.39, 0.29) is 17.9 Å². The summed E-state index contributed by atoms with van der Waals surface area (Å²) in [5.41, 5.74) is 0.568. The topological polar surface area (TPSA) is 71.1 Å². The third kappa shape index (κ3) is 4.10. The highest BCUT2D eigenvalue weighted by Crippen LogP contribution is 2.30. The first-order valence-corrected chi connectivity index (χ1v) is 7.95. The molecule has 0 saturated carbocycles. The molecule has 0 radical (unpaired) electrons. The Morgan fingerprint density at radius 3 is 2.62 bits per heavy atom. The van der Waals surface area contributed by atoms with Crippen molar-refractivity contribution in [3.63, 3.8) is 0 Å². The van der Waals surface area contributed by atoms with Crippen molar-refractivity contribution in [2.75, 3.05) is 46.7 Å². The predicted molar refractivity (Wildman–Crippen MR) is 91.6 cm³/mol. The lowest BCUT2D eigenvalue weighted by Gasteiger charge is -2.33. The quantitative estimate of drug-likeness (QED) is 0.914. The average Bonchev–Trinajstić information content (AvgIpc) is 2.60. The van der Waals surface area contributed by atoms with Crippen LogP contribution >= 0.6 is 0 Å². The fourth-order valence-corrected chi connectivity index (χ4v) is 2.79. The van der Waals surface area contributed by atoms with Gasteiger partial charge in [-0.15, -0.1) is 0 Å². The first-order valence-electron chi connectivity index (χ1n) is 7.95. The first-order chi connectivity index (χ1) is 11.5. The van der Waals surface area contributed by atoms with Gasteiger partial charge in [0.05, 0.1) is 25.8 Å². The summed E-state index contributed by atoms with van der Waals surface area (Å²) in [6, 6.07) is 5.18. The van der Waals surface area contributed by atoms with Crippen LogP contribution in [0, 0.1) is 5.92 Å². The Kier molecular flexibility index (Phi) is 5.89. The molecular weight excluding hydrogens is 310 g/mol. The van der Waals surface area contributed by atoms with Crippen molar-refractivity contribution in [2.45, 2.75) is 12.8 Å². The van der Waals surface area contributed by atoms with Crippen molar-refractivity contribution >= 4 is 17.6 Å². The van der Waals surface area contributed by atoms with E-state index in [1.807, 2.05) is 0 Å². The van der Waals surface area contributed by atoms with E-state index in [0.29, 0.717) is 30.3 Å². The minimum absolute atomic E-state index is 0.0635. The van der Waals surface area contributed by atoms with Crippen LogP contribution in [0.2, 0.25) is 0 Å². The van der Waals surface area contributed by atoms with Crippen LogP contribution in [0.5, 0.6) is 11.5 Å². The number of methoxy groups -OCH3 is 2. The Bertz CT molecular complexity index is 603. The summed E-state index contributed by atoms with van der Waals surface area (Å²) in [5.74, 6) is 0.858. The molecule has 0 spiro atoms. The summed E-state index contributed by atoms with van der Waals surface area (Å²) in [6.07, 6.45) is 1.57. The Hall–Kier alpha value is -2.44. The van der Waals surface area contributed by atoms with E-state index in [2.05, 4.69) is 5.32 Å². The van der Waals surface area contributed by atoms with E-state index in [1.165, 1.54) is 4.90 Å². The lowest BCUT2D eigenvalue weighted by Crippen LogP contribution is -2.47. The largest absolute Gasteiger partial charge is 0.497 e. The molecule has 1 aliphatic heterocycles. The second-order valence-electron chi connectivity index (χ2n) is 6.02. The Morgan fingerprint density at radius 2 is 2.00 bits per heavy atom. The minimum Gasteiger partial charge on any atom is -0.497 e. The first kappa shape index (κ1) is 17.9. The molecule has 132 valence electrons. The third-order valence-electron chi connectivity index (χ3n) is 4.11. The molecule has 7 heteroatoms. The smallest absolute Gasteiger partial charge is 0.319 e. The molecule has 1 aromatic rings. The summed E-state index contributed by atoms with van der Waals surface area (Å²) in [7, 11) is 6.55. The number of hydrogen-bond donors (Lipinski definition) is 1. The van der Waals surface area contributed by atoms with Gasteiger partial charge < -0.3 is 24.6 Å². The number of nitrogens with zero attached hydrogens (tertiary/aromatic N) is 2. The van der Waals surface area contributed by atoms with E-state index < -0.39 is 0 Å². The second kappa shape index (κ2) is 7.90. The number of ether oxygens (including phenoxy) is 2. The van der Waals surface area contributed by atoms with Gasteiger partial charge in [0.15, 0.2) is 0 Å². The highest BCUT2D eigenvalue weighted by Gasteiger charge is 2.29. The summed E-state index contributed by atoms with van der Waals surface area (Å²) in [6.45, 7) is 1.11. The Balaban J connectivity index is 2.08. The summed E-state index contributed by atoms with van der Waals surface area (Å²) in [5, 5.41) is 2.90. The molecule has 24 heavy (non-hydrogen) atoms. The van der Waals surface area contributed by atoms with E-state index in [0.717, 1.165) is 12.8 Å². The van der Waals surface area contributed by atoms with Gasteiger partial charge in [0.1, 0.15) is 11.5 Å². The van der Waals surface area contributed by atoms with Crippen molar-refractivity contribution in [2.24, 2.45) is 5.92 Å². The van der Waals surface area contributed by atoms with Crippen molar-refractivity contribution < 1.29 is 19.1 Å². The molecule has 1 N–H and O–H groups in total. The Labute approximate surface area is 142 Å². The van der Waals surface area contributed by atoms with Crippen molar-refractivity contribution in [3.05, 3.63) is 18.2 Å². The molecule has 0 aliphatic carbocycles. The van der Waals surface area contributed by atoms with Gasteiger partial charge in [-0.2, -0.15) is 0 Å². The van der Waals surface area contributed by atoms with Gasteiger partial charge in [-0.3, -0.25) is 4.79 Å². The molecule has 1 atom stereocenters. The van der Waals surface area contributed by atoms with Gasteiger partial charge in [-0.05, 0) is 25.0 Å². The van der Waals surface area contributed by atoms with Gasteiger partial charge >= 0.3 is 6.03 Å². The van der Waals surface area contributed by atoms with Crippen LogP contribution in [0.25, 0.3) is 0 Å². The highest BCUT2D eigenvalue weighted by molar-refractivity contribution is 5.94. The van der Waals surface area contributed by atoms with Crippen LogP contribution in [-0.2, 0) is 4.79 Å². The second-order valence-corrected chi connectivity index (χ2v) is 6.02. The maximum Gasteiger partial charge on any atom is 0.319 e. The van der Waals surface area contributed by atoms with Crippen molar-refractivity contribution in [1.82, 2.24) is 9.80 Å². The molecule has 0 bridgehead atoms. The van der Waals surface area contributed by atoms with Gasteiger partial charge in [0.25, 0.3) is 0 Å². The molecule has 1 saturated heterocycles. The predicted octanol–water partition coefficient (Wildman–Crippen LogP) is 2.04. The summed E-state index contributed by atoms with van der Waals surface area (Å²) in [4.78, 5) is 28.0. The van der Waals surface area contributed by atoms with Crippen LogP contribution in [0.15, 0.2) is 18.2 Å². The average molecular weight is 335 g/mol. The van der Waals surface area contributed by atoms with Crippen LogP contribution in [0.1, 0.15) is 12.8 Å². The maximum absolute atomic E-state index is 12.6. The van der Waals surface area contributed by atoms with Crippen molar-refractivity contribution in [1.29, 1.82) is 0 Å². The van der Waals surface area contributed by atoms with E-state index in [9.17, 15) is 9.59 Å². The summed E-state index contributed by atoms with van der Waals surface area (Å²) >= 11 is 0. The Morgan fingerprint density at radius 1 is 1.25 bits per heavy atom. The zero-order valence-electron chi connectivity index (χ0n) is 14.7. The lowest BCUT2D eigenvalue weighted by atomic mass is 9.97. The number of hydrogen-bond acceptors (Lipinski definition) is 4. The molecule has 1 aliphatic rings. The molecule has 1 fully saturated rings. The van der Waals surface area contributed by atoms with E-state index >= 15 is 0 Å². The molecule has 0 aromatic heterocycles. The van der Waals surface area contributed by atoms with Gasteiger partial charge in [-0.25, -0.2) is 4.79 Å². The number of amides is 3. The highest BCUT2D eigenvalue weighted by atomic mass is 16.5. The number of likely N-dealkylation sites (tertiary alicyclic amines) is 1. The molecule has 2 rings (SSSR count). The zero-order valence-corrected chi connectivity index (χ0v) is 14.7. The summed E-state index contributed by atoms with van der Waals surface area (Å²) < 4.78 is 10.5. The number of anilines is 1. The zero-order chi connectivity index (χ0) is 17.7. The molecule has 7 nitrogen and oxygen atoms in total. The molecule has 1 heterocycles. The number of carbonyl (C=O) groups is 2. The van der Waals surface area contributed by atoms with Crippen LogP contribution in [0.3, 0.4) is 0 Å². The maximum atomic E-state index is 12.6. The number of carbonyl (C=O) groups excluding carboxylic acids is 2. The fourth-order valence-electron chi connectivity index (χ4n) is 2.79. The van der Waals surface area contributed by atoms with Gasteiger partial charge in [-0.1, -0.05) is 0 Å². The number of urea groups is 1. The van der Waals surface area contributed by atoms with Crippen LogP contribution in [-0.4, -0.2) is 63.1 Å². The standard InChI is InChI=1S/C17H25N3O4/c1-19(2)17(22)20-9-5-6-12(11-20)16(21)18-14-10-13(23-3)7-8-15(14)24-4/h7-8,10,12H,5-6,9,11H2,1-4H3,(H,18,21)/t12-/m1/s1.